The van der Waals surface area contributed by atoms with Crippen molar-refractivity contribution in [3.05, 3.63) is 50.3 Å². The second-order valence-electron chi connectivity index (χ2n) is 4.04. The highest BCUT2D eigenvalue weighted by atomic mass is 35.5. The van der Waals surface area contributed by atoms with Crippen LogP contribution in [0.25, 0.3) is 0 Å². The van der Waals surface area contributed by atoms with Crippen molar-refractivity contribution in [1.29, 1.82) is 0 Å². The van der Waals surface area contributed by atoms with Crippen LogP contribution in [-0.4, -0.2) is 13.3 Å². The lowest BCUT2D eigenvalue weighted by Crippen LogP contribution is -2.09. The summed E-state index contributed by atoms with van der Waals surface area (Å²) in [5, 5.41) is 10.6. The first kappa shape index (κ1) is 17.5. The number of alkyl halides is 3. The van der Waals surface area contributed by atoms with Gasteiger partial charge in [0.05, 0.1) is 16.6 Å². The molecule has 0 saturated heterocycles. The molecule has 0 saturated carbocycles. The Kier molecular flexibility index (Phi) is 4.55. The zero-order valence-corrected chi connectivity index (χ0v) is 13.1. The van der Waals surface area contributed by atoms with E-state index in [0.717, 1.165) is 12.1 Å². The summed E-state index contributed by atoms with van der Waals surface area (Å²) < 4.78 is 64.9. The van der Waals surface area contributed by atoms with Crippen molar-refractivity contribution in [1.82, 2.24) is 0 Å². The van der Waals surface area contributed by atoms with E-state index in [9.17, 15) is 31.7 Å². The highest BCUT2D eigenvalue weighted by Gasteiger charge is 2.31. The Balaban J connectivity index is 2.28. The maximum Gasteiger partial charge on any atom is 0.416 e. The van der Waals surface area contributed by atoms with Crippen LogP contribution < -0.4 is 4.18 Å². The molecule has 1 aromatic heterocycles. The topological polar surface area (TPSA) is 86.5 Å². The normalized spacial score (nSPS) is 12.2. The molecule has 0 amide bonds. The lowest BCUT2D eigenvalue weighted by atomic mass is 10.2. The van der Waals surface area contributed by atoms with Crippen LogP contribution in [0.1, 0.15) is 5.56 Å². The molecular weight excluding hydrogens is 383 g/mol. The van der Waals surface area contributed by atoms with E-state index in [4.69, 9.17) is 11.6 Å². The molecule has 0 aliphatic heterocycles. The number of hydrogen-bond acceptors (Lipinski definition) is 6. The molecule has 2 aromatic rings. The van der Waals surface area contributed by atoms with Crippen LogP contribution in [0.2, 0.25) is 4.34 Å². The summed E-state index contributed by atoms with van der Waals surface area (Å²) in [6.45, 7) is 0. The third kappa shape index (κ3) is 3.92. The van der Waals surface area contributed by atoms with Gasteiger partial charge in [0.15, 0.2) is 8.55 Å². The highest BCUT2D eigenvalue weighted by molar-refractivity contribution is 7.89. The average molecular weight is 388 g/mol. The lowest BCUT2D eigenvalue weighted by molar-refractivity contribution is -0.384. The van der Waals surface area contributed by atoms with Crippen molar-refractivity contribution in [2.45, 2.75) is 10.4 Å². The van der Waals surface area contributed by atoms with Crippen LogP contribution in [0, 0.1) is 10.1 Å². The van der Waals surface area contributed by atoms with E-state index >= 15 is 0 Å². The third-order valence-corrected chi connectivity index (χ3v) is 5.49. The van der Waals surface area contributed by atoms with Gasteiger partial charge in [0.2, 0.25) is 0 Å². The van der Waals surface area contributed by atoms with E-state index in [1.54, 1.807) is 0 Å². The van der Waals surface area contributed by atoms with E-state index in [2.05, 4.69) is 4.18 Å². The Hall–Kier alpha value is -1.85. The largest absolute Gasteiger partial charge is 0.416 e. The number of benzene rings is 1. The second-order valence-corrected chi connectivity index (χ2v) is 7.47. The molecule has 1 heterocycles. The Morgan fingerprint density at radius 1 is 1.22 bits per heavy atom. The van der Waals surface area contributed by atoms with Gasteiger partial charge in [-0.15, -0.1) is 11.3 Å². The lowest BCUT2D eigenvalue weighted by Gasteiger charge is -2.08. The van der Waals surface area contributed by atoms with Gasteiger partial charge in [-0.2, -0.15) is 21.6 Å². The molecule has 0 N–H and O–H groups in total. The molecule has 124 valence electrons. The highest BCUT2D eigenvalue weighted by Crippen LogP contribution is 2.37. The smallest absolute Gasteiger partial charge is 0.378 e. The van der Waals surface area contributed by atoms with E-state index in [1.807, 2.05) is 0 Å². The maximum atomic E-state index is 12.4. The van der Waals surface area contributed by atoms with Gasteiger partial charge in [-0.05, 0) is 24.3 Å². The zero-order chi connectivity index (χ0) is 17.4. The number of halogens is 4. The van der Waals surface area contributed by atoms with Crippen LogP contribution in [-0.2, 0) is 16.3 Å². The van der Waals surface area contributed by atoms with Crippen LogP contribution in [0.5, 0.6) is 5.75 Å². The Bertz CT molecular complexity index is 846. The molecule has 0 aliphatic rings. The minimum absolute atomic E-state index is 0.357. The first-order valence-electron chi connectivity index (χ1n) is 5.56. The quantitative estimate of drug-likeness (QED) is 0.448. The van der Waals surface area contributed by atoms with E-state index < -0.39 is 36.7 Å². The first-order chi connectivity index (χ1) is 10.5. The fraction of sp³-hybridized carbons (Fsp3) is 0.0909. The van der Waals surface area contributed by atoms with Crippen LogP contribution >= 0.6 is 22.9 Å². The molecule has 0 unspecified atom stereocenters. The van der Waals surface area contributed by atoms with Crippen molar-refractivity contribution in [2.24, 2.45) is 0 Å². The minimum atomic E-state index is -4.57. The summed E-state index contributed by atoms with van der Waals surface area (Å²) in [6.07, 6.45) is -4.57. The van der Waals surface area contributed by atoms with Gasteiger partial charge in [-0.3, -0.25) is 10.1 Å². The second kappa shape index (κ2) is 5.98. The number of thiophene rings is 1. The zero-order valence-electron chi connectivity index (χ0n) is 10.7. The molecule has 0 atom stereocenters. The summed E-state index contributed by atoms with van der Waals surface area (Å²) in [5.41, 5.74) is -1.58. The molecule has 6 nitrogen and oxygen atoms in total. The predicted molar refractivity (Wildman–Crippen MR) is 75.2 cm³/mol. The SMILES string of the molecule is O=[N+]([O-])c1cc(S(=O)(=O)Oc2ccc(C(F)(F)F)cc2)sc1Cl. The Morgan fingerprint density at radius 2 is 1.78 bits per heavy atom. The molecular formula is C11H5ClF3NO5S2. The molecule has 0 bridgehead atoms. The van der Waals surface area contributed by atoms with Crippen molar-refractivity contribution in [3.63, 3.8) is 0 Å². The van der Waals surface area contributed by atoms with Crippen LogP contribution in [0.4, 0.5) is 18.9 Å². The average Bonchev–Trinajstić information content (AvgIpc) is 2.81. The van der Waals surface area contributed by atoms with Crippen molar-refractivity contribution in [3.8, 4) is 5.75 Å². The van der Waals surface area contributed by atoms with E-state index in [0.29, 0.717) is 29.5 Å². The molecule has 0 fully saturated rings. The van der Waals surface area contributed by atoms with E-state index in [1.165, 1.54) is 0 Å². The molecule has 12 heteroatoms. The molecule has 2 rings (SSSR count). The summed E-state index contributed by atoms with van der Waals surface area (Å²) in [5.74, 6) is -0.370. The maximum absolute atomic E-state index is 12.4. The summed E-state index contributed by atoms with van der Waals surface area (Å²) >= 11 is 5.96. The van der Waals surface area contributed by atoms with Gasteiger partial charge < -0.3 is 4.18 Å². The summed E-state index contributed by atoms with van der Waals surface area (Å²) in [7, 11) is -4.45. The molecule has 23 heavy (non-hydrogen) atoms. The van der Waals surface area contributed by atoms with Gasteiger partial charge in [-0.25, -0.2) is 0 Å². The number of hydrogen-bond donors (Lipinski definition) is 0. The molecule has 0 aliphatic carbocycles. The fourth-order valence-electron chi connectivity index (χ4n) is 1.45. The monoisotopic (exact) mass is 387 g/mol. The van der Waals surface area contributed by atoms with Gasteiger partial charge >= 0.3 is 16.3 Å². The fourth-order valence-corrected chi connectivity index (χ4v) is 4.01. The Labute approximate surface area is 136 Å². The standard InChI is InChI=1S/C11H5ClF3NO5S2/c12-10-8(16(17)18)5-9(22-10)23(19,20)21-7-3-1-6(2-4-7)11(13,14)15/h1-5H. The van der Waals surface area contributed by atoms with Crippen molar-refractivity contribution in [2.75, 3.05) is 0 Å². The van der Waals surface area contributed by atoms with Gasteiger partial charge in [-0.1, -0.05) is 11.6 Å². The van der Waals surface area contributed by atoms with Gasteiger partial charge in [0.1, 0.15) is 5.75 Å². The van der Waals surface area contributed by atoms with Crippen molar-refractivity contribution < 1.29 is 30.7 Å². The minimum Gasteiger partial charge on any atom is -0.378 e. The predicted octanol–water partition coefficient (Wildman–Crippen LogP) is 4.10. The summed E-state index contributed by atoms with van der Waals surface area (Å²) in [6, 6.07) is 3.66. The molecule has 0 spiro atoms. The van der Waals surface area contributed by atoms with Gasteiger partial charge in [0.25, 0.3) is 5.69 Å². The first-order valence-corrected chi connectivity index (χ1v) is 8.16. The van der Waals surface area contributed by atoms with Gasteiger partial charge in [0, 0.05) is 0 Å². The number of nitro groups is 1. The number of nitrogens with zero attached hydrogens (tertiary/aromatic N) is 1. The third-order valence-electron chi connectivity index (χ3n) is 2.48. The van der Waals surface area contributed by atoms with E-state index in [-0.39, 0.29) is 10.1 Å². The summed E-state index contributed by atoms with van der Waals surface area (Å²) in [4.78, 5) is 9.77. The Morgan fingerprint density at radius 3 is 2.22 bits per heavy atom. The van der Waals surface area contributed by atoms with Crippen LogP contribution in [0.3, 0.4) is 0 Å². The van der Waals surface area contributed by atoms with Crippen LogP contribution in [0.15, 0.2) is 34.5 Å². The molecule has 0 radical (unpaired) electrons. The number of rotatable bonds is 4. The van der Waals surface area contributed by atoms with Crippen molar-refractivity contribution >= 4 is 38.7 Å². The molecule has 1 aromatic carbocycles.